The van der Waals surface area contributed by atoms with Crippen molar-refractivity contribution in [2.45, 2.75) is 12.8 Å². The predicted octanol–water partition coefficient (Wildman–Crippen LogP) is 2.85. The monoisotopic (exact) mass is 369 g/mol. The molecule has 27 heavy (non-hydrogen) atoms. The lowest BCUT2D eigenvalue weighted by Crippen LogP contribution is -2.27. The predicted molar refractivity (Wildman–Crippen MR) is 98.8 cm³/mol. The lowest BCUT2D eigenvalue weighted by Gasteiger charge is -2.15. The first-order chi connectivity index (χ1) is 13.0. The number of likely N-dealkylation sites (tertiary alicyclic amines) is 1. The van der Waals surface area contributed by atoms with Gasteiger partial charge in [-0.05, 0) is 43.2 Å². The third-order valence-electron chi connectivity index (χ3n) is 4.20. The number of benzene rings is 2. The molecule has 1 heterocycles. The van der Waals surface area contributed by atoms with Crippen molar-refractivity contribution in [2.24, 2.45) is 0 Å². The molecule has 0 atom stereocenters. The first-order valence-corrected chi connectivity index (χ1v) is 8.59. The van der Waals surface area contributed by atoms with Gasteiger partial charge in [0.1, 0.15) is 5.75 Å². The fraction of sp³-hybridized carbons (Fsp3) is 0.263. The molecule has 2 amide bonds. The van der Waals surface area contributed by atoms with Crippen molar-refractivity contribution in [3.8, 4) is 5.75 Å². The van der Waals surface area contributed by atoms with Crippen molar-refractivity contribution in [3.05, 3.63) is 64.2 Å². The average Bonchev–Trinajstić information content (AvgIpc) is 3.21. The number of hydrogen-bond donors (Lipinski definition) is 1. The highest BCUT2D eigenvalue weighted by atomic mass is 16.6. The van der Waals surface area contributed by atoms with Crippen LogP contribution >= 0.6 is 0 Å². The molecular weight excluding hydrogens is 350 g/mol. The molecule has 0 spiro atoms. The summed E-state index contributed by atoms with van der Waals surface area (Å²) in [5, 5.41) is 13.3. The van der Waals surface area contributed by atoms with Gasteiger partial charge in [-0.2, -0.15) is 0 Å². The highest BCUT2D eigenvalue weighted by Crippen LogP contribution is 2.18. The van der Waals surface area contributed by atoms with Crippen LogP contribution < -0.4 is 10.1 Å². The zero-order chi connectivity index (χ0) is 19.2. The molecule has 0 unspecified atom stereocenters. The van der Waals surface area contributed by atoms with E-state index in [0.29, 0.717) is 17.0 Å². The number of rotatable bonds is 6. The van der Waals surface area contributed by atoms with Gasteiger partial charge in [-0.3, -0.25) is 19.7 Å². The van der Waals surface area contributed by atoms with Gasteiger partial charge in [-0.1, -0.05) is 6.07 Å². The molecule has 1 aliphatic rings. The van der Waals surface area contributed by atoms with E-state index in [0.717, 1.165) is 25.9 Å². The molecule has 0 aliphatic carbocycles. The van der Waals surface area contributed by atoms with Crippen molar-refractivity contribution in [2.75, 3.05) is 25.0 Å². The van der Waals surface area contributed by atoms with Gasteiger partial charge in [-0.25, -0.2) is 0 Å². The Labute approximate surface area is 155 Å². The zero-order valence-electron chi connectivity index (χ0n) is 14.6. The number of amides is 2. The van der Waals surface area contributed by atoms with Crippen LogP contribution in [0.25, 0.3) is 0 Å². The number of hydrogen-bond acceptors (Lipinski definition) is 5. The van der Waals surface area contributed by atoms with Crippen LogP contribution in [0, 0.1) is 10.1 Å². The van der Waals surface area contributed by atoms with E-state index in [9.17, 15) is 19.7 Å². The molecule has 0 radical (unpaired) electrons. The summed E-state index contributed by atoms with van der Waals surface area (Å²) in [4.78, 5) is 36.4. The quantitative estimate of drug-likeness (QED) is 0.623. The van der Waals surface area contributed by atoms with Crippen molar-refractivity contribution in [3.63, 3.8) is 0 Å². The number of carbonyl (C=O) groups excluding carboxylic acids is 2. The van der Waals surface area contributed by atoms with Gasteiger partial charge in [0.25, 0.3) is 17.5 Å². The van der Waals surface area contributed by atoms with Crippen LogP contribution in [0.3, 0.4) is 0 Å². The largest absolute Gasteiger partial charge is 0.484 e. The minimum atomic E-state index is -0.507. The second-order valence-electron chi connectivity index (χ2n) is 6.17. The van der Waals surface area contributed by atoms with E-state index in [1.165, 1.54) is 24.3 Å². The third kappa shape index (κ3) is 4.81. The molecule has 0 aromatic heterocycles. The number of anilines is 1. The molecule has 1 aliphatic heterocycles. The maximum Gasteiger partial charge on any atom is 0.269 e. The van der Waals surface area contributed by atoms with Crippen LogP contribution in [0.4, 0.5) is 11.4 Å². The van der Waals surface area contributed by atoms with Gasteiger partial charge in [0.2, 0.25) is 0 Å². The van der Waals surface area contributed by atoms with E-state index in [-0.39, 0.29) is 24.1 Å². The van der Waals surface area contributed by atoms with Crippen LogP contribution in [0.15, 0.2) is 48.5 Å². The molecular formula is C19H19N3O5. The zero-order valence-corrected chi connectivity index (χ0v) is 14.6. The SMILES string of the molecule is O=C(COc1ccc([N+](=O)[O-])cc1)Nc1cccc(C(=O)N2CCCC2)c1. The summed E-state index contributed by atoms with van der Waals surface area (Å²) in [5.41, 5.74) is 0.995. The van der Waals surface area contributed by atoms with Crippen molar-refractivity contribution in [1.29, 1.82) is 0 Å². The van der Waals surface area contributed by atoms with Gasteiger partial charge < -0.3 is 15.0 Å². The van der Waals surface area contributed by atoms with E-state index in [4.69, 9.17) is 4.74 Å². The summed E-state index contributed by atoms with van der Waals surface area (Å²) in [7, 11) is 0. The van der Waals surface area contributed by atoms with Crippen molar-refractivity contribution in [1.82, 2.24) is 4.90 Å². The summed E-state index contributed by atoms with van der Waals surface area (Å²) in [5.74, 6) is -0.0708. The molecule has 0 saturated carbocycles. The number of nitrogens with one attached hydrogen (secondary N) is 1. The Bertz CT molecular complexity index is 845. The lowest BCUT2D eigenvalue weighted by molar-refractivity contribution is -0.384. The third-order valence-corrected chi connectivity index (χ3v) is 4.20. The van der Waals surface area contributed by atoms with Gasteiger partial charge in [-0.15, -0.1) is 0 Å². The Kier molecular flexibility index (Phi) is 5.65. The minimum Gasteiger partial charge on any atom is -0.484 e. The Morgan fingerprint density at radius 2 is 1.81 bits per heavy atom. The smallest absolute Gasteiger partial charge is 0.269 e. The fourth-order valence-electron chi connectivity index (χ4n) is 2.84. The van der Waals surface area contributed by atoms with E-state index in [1.807, 2.05) is 0 Å². The molecule has 2 aromatic carbocycles. The van der Waals surface area contributed by atoms with Crippen LogP contribution in [-0.4, -0.2) is 41.3 Å². The van der Waals surface area contributed by atoms with E-state index in [1.54, 1.807) is 29.2 Å². The maximum atomic E-state index is 12.4. The number of nitro benzene ring substituents is 1. The summed E-state index contributed by atoms with van der Waals surface area (Å²) in [6.07, 6.45) is 2.03. The average molecular weight is 369 g/mol. The van der Waals surface area contributed by atoms with E-state index in [2.05, 4.69) is 5.32 Å². The molecule has 8 heteroatoms. The van der Waals surface area contributed by atoms with Gasteiger partial charge in [0.15, 0.2) is 6.61 Å². The number of ether oxygens (including phenoxy) is 1. The van der Waals surface area contributed by atoms with E-state index < -0.39 is 4.92 Å². The Morgan fingerprint density at radius 3 is 2.48 bits per heavy atom. The molecule has 140 valence electrons. The summed E-state index contributed by atoms with van der Waals surface area (Å²) >= 11 is 0. The summed E-state index contributed by atoms with van der Waals surface area (Å²) in [6.45, 7) is 1.28. The highest BCUT2D eigenvalue weighted by molar-refractivity contribution is 5.97. The van der Waals surface area contributed by atoms with Crippen LogP contribution in [0.1, 0.15) is 23.2 Å². The van der Waals surface area contributed by atoms with Gasteiger partial charge >= 0.3 is 0 Å². The lowest BCUT2D eigenvalue weighted by atomic mass is 10.1. The van der Waals surface area contributed by atoms with Crippen LogP contribution in [0.2, 0.25) is 0 Å². The minimum absolute atomic E-state index is 0.0364. The number of nitro groups is 1. The van der Waals surface area contributed by atoms with Gasteiger partial charge in [0, 0.05) is 36.5 Å². The van der Waals surface area contributed by atoms with Crippen LogP contribution in [0.5, 0.6) is 5.75 Å². The molecule has 3 rings (SSSR count). The Morgan fingerprint density at radius 1 is 1.11 bits per heavy atom. The topological polar surface area (TPSA) is 102 Å². The second-order valence-corrected chi connectivity index (χ2v) is 6.17. The number of non-ortho nitro benzene ring substituents is 1. The normalized spacial score (nSPS) is 13.3. The standard InChI is InChI=1S/C19H19N3O5/c23-18(13-27-17-8-6-16(7-9-17)22(25)26)20-15-5-3-4-14(12-15)19(24)21-10-1-2-11-21/h3-9,12H,1-2,10-11,13H2,(H,20,23). The molecule has 8 nitrogen and oxygen atoms in total. The molecule has 1 N–H and O–H groups in total. The second kappa shape index (κ2) is 8.31. The van der Waals surface area contributed by atoms with Crippen molar-refractivity contribution < 1.29 is 19.2 Å². The molecule has 1 fully saturated rings. The molecule has 2 aromatic rings. The van der Waals surface area contributed by atoms with E-state index >= 15 is 0 Å². The molecule has 0 bridgehead atoms. The summed E-state index contributed by atoms with van der Waals surface area (Å²) < 4.78 is 5.32. The Hall–Kier alpha value is -3.42. The van der Waals surface area contributed by atoms with Gasteiger partial charge in [0.05, 0.1) is 4.92 Å². The first-order valence-electron chi connectivity index (χ1n) is 8.59. The van der Waals surface area contributed by atoms with Crippen molar-refractivity contribution >= 4 is 23.2 Å². The first kappa shape index (κ1) is 18.4. The summed E-state index contributed by atoms with van der Waals surface area (Å²) in [6, 6.07) is 12.3. The fourth-order valence-corrected chi connectivity index (χ4v) is 2.84. The highest BCUT2D eigenvalue weighted by Gasteiger charge is 2.19. The Balaban J connectivity index is 1.55. The number of carbonyl (C=O) groups is 2. The maximum absolute atomic E-state index is 12.4. The molecule has 1 saturated heterocycles. The van der Waals surface area contributed by atoms with Crippen LogP contribution in [-0.2, 0) is 4.79 Å². The number of nitrogens with zero attached hydrogens (tertiary/aromatic N) is 2.